The smallest absolute Gasteiger partial charge is 0.475 e. The number of amides is 1. The molecular weight excluding hydrogens is 546 g/mol. The number of halogens is 6. The minimum Gasteiger partial charge on any atom is -0.475 e. The molecule has 16 heteroatoms. The number of likely N-dealkylation sites (tertiary alicyclic amines) is 2. The molecule has 2 atom stereocenters. The third-order valence-electron chi connectivity index (χ3n) is 5.59. The molecule has 2 N–H and O–H groups in total. The molecule has 0 spiro atoms. The first-order valence-corrected chi connectivity index (χ1v) is 11.9. The molecule has 38 heavy (non-hydrogen) atoms. The number of carboxylic acid groups (broad SMARTS) is 2. The minimum absolute atomic E-state index is 0.274. The molecule has 9 nitrogen and oxygen atoms in total. The van der Waals surface area contributed by atoms with Crippen molar-refractivity contribution in [3.8, 4) is 0 Å². The Kier molecular flexibility index (Phi) is 10.6. The number of fused-ring (bicyclic) bond motifs is 1. The number of piperidine rings is 1. The molecule has 0 unspecified atom stereocenters. The summed E-state index contributed by atoms with van der Waals surface area (Å²) in [4.78, 5) is 43.9. The zero-order valence-electron chi connectivity index (χ0n) is 19.9. The molecule has 0 aromatic carbocycles. The summed E-state index contributed by atoms with van der Waals surface area (Å²) in [5.41, 5.74) is 1.99. The predicted molar refractivity (Wildman–Crippen MR) is 121 cm³/mol. The molecule has 2 aliphatic heterocycles. The highest BCUT2D eigenvalue weighted by Crippen LogP contribution is 2.33. The van der Waals surface area contributed by atoms with Crippen molar-refractivity contribution in [2.24, 2.45) is 0 Å². The molecule has 0 bridgehead atoms. The summed E-state index contributed by atoms with van der Waals surface area (Å²) < 4.78 is 63.5. The first kappa shape index (κ1) is 31.0. The van der Waals surface area contributed by atoms with Gasteiger partial charge in [0.15, 0.2) is 0 Å². The number of aryl methyl sites for hydroxylation is 1. The van der Waals surface area contributed by atoms with Crippen molar-refractivity contribution in [2.45, 2.75) is 63.7 Å². The number of thiazole rings is 1. The van der Waals surface area contributed by atoms with Gasteiger partial charge in [0.05, 0.1) is 18.8 Å². The van der Waals surface area contributed by atoms with Crippen LogP contribution >= 0.6 is 11.3 Å². The Hall–Kier alpha value is -3.27. The Morgan fingerprint density at radius 3 is 2.13 bits per heavy atom. The van der Waals surface area contributed by atoms with E-state index in [0.717, 1.165) is 37.3 Å². The van der Waals surface area contributed by atoms with Crippen molar-refractivity contribution < 1.29 is 50.9 Å². The van der Waals surface area contributed by atoms with Crippen LogP contribution in [0.3, 0.4) is 0 Å². The number of hydrogen-bond acceptors (Lipinski definition) is 7. The fraction of sp³-hybridized carbons (Fsp3) is 0.500. The lowest BCUT2D eigenvalue weighted by molar-refractivity contribution is -0.193. The zero-order valence-corrected chi connectivity index (χ0v) is 20.7. The van der Waals surface area contributed by atoms with E-state index in [1.807, 2.05) is 36.7 Å². The van der Waals surface area contributed by atoms with Crippen LogP contribution in [-0.2, 0) is 27.5 Å². The van der Waals surface area contributed by atoms with Crippen molar-refractivity contribution in [1.29, 1.82) is 0 Å². The van der Waals surface area contributed by atoms with Crippen LogP contribution in [0.1, 0.15) is 35.7 Å². The van der Waals surface area contributed by atoms with E-state index in [-0.39, 0.29) is 5.91 Å². The molecule has 2 aliphatic rings. The SMILES string of the molecule is Cc1cccc(CN2C(=O)CC[C@@H]3[C@H]2CCN3Cc2nccs2)n1.O=C(O)C(F)(F)F.O=C(O)C(F)(F)F. The lowest BCUT2D eigenvalue weighted by Gasteiger charge is -2.39. The molecule has 2 aromatic rings. The van der Waals surface area contributed by atoms with Crippen LogP contribution in [0.5, 0.6) is 0 Å². The van der Waals surface area contributed by atoms with Crippen molar-refractivity contribution in [3.05, 3.63) is 46.2 Å². The molecule has 4 heterocycles. The van der Waals surface area contributed by atoms with E-state index in [1.165, 1.54) is 5.01 Å². The number of rotatable bonds is 4. The van der Waals surface area contributed by atoms with Gasteiger partial charge in [-0.3, -0.25) is 14.7 Å². The van der Waals surface area contributed by atoms with Crippen LogP contribution in [0.25, 0.3) is 0 Å². The van der Waals surface area contributed by atoms with Gasteiger partial charge in [0.25, 0.3) is 0 Å². The Morgan fingerprint density at radius 1 is 1.03 bits per heavy atom. The van der Waals surface area contributed by atoms with Gasteiger partial charge in [-0.25, -0.2) is 14.6 Å². The number of aromatic nitrogens is 2. The van der Waals surface area contributed by atoms with E-state index in [0.29, 0.717) is 25.0 Å². The highest BCUT2D eigenvalue weighted by Gasteiger charge is 2.43. The van der Waals surface area contributed by atoms with Crippen LogP contribution in [-0.4, -0.2) is 78.8 Å². The Bertz CT molecular complexity index is 1070. The number of alkyl halides is 6. The van der Waals surface area contributed by atoms with Gasteiger partial charge < -0.3 is 15.1 Å². The highest BCUT2D eigenvalue weighted by atomic mass is 32.1. The van der Waals surface area contributed by atoms with Crippen molar-refractivity contribution in [3.63, 3.8) is 0 Å². The Morgan fingerprint density at radius 2 is 1.63 bits per heavy atom. The van der Waals surface area contributed by atoms with E-state index in [1.54, 1.807) is 11.3 Å². The lowest BCUT2D eigenvalue weighted by atomic mass is 9.96. The topological polar surface area (TPSA) is 124 Å². The quantitative estimate of drug-likeness (QED) is 0.531. The monoisotopic (exact) mass is 570 g/mol. The highest BCUT2D eigenvalue weighted by molar-refractivity contribution is 7.09. The van der Waals surface area contributed by atoms with E-state index in [4.69, 9.17) is 19.8 Å². The third kappa shape index (κ3) is 9.24. The second-order valence-corrected chi connectivity index (χ2v) is 9.24. The Balaban J connectivity index is 0.000000301. The summed E-state index contributed by atoms with van der Waals surface area (Å²) in [6, 6.07) is 6.80. The molecule has 2 fully saturated rings. The van der Waals surface area contributed by atoms with Gasteiger partial charge in [0, 0.05) is 42.3 Å². The first-order chi connectivity index (χ1) is 17.6. The van der Waals surface area contributed by atoms with Crippen LogP contribution in [0, 0.1) is 6.92 Å². The lowest BCUT2D eigenvalue weighted by Crippen LogP contribution is -2.51. The number of nitrogens with zero attached hydrogens (tertiary/aromatic N) is 4. The summed E-state index contributed by atoms with van der Waals surface area (Å²) in [5.74, 6) is -5.24. The second kappa shape index (κ2) is 13.0. The summed E-state index contributed by atoms with van der Waals surface area (Å²) >= 11 is 1.71. The number of carbonyl (C=O) groups is 3. The average Bonchev–Trinajstić information content (AvgIpc) is 3.46. The van der Waals surface area contributed by atoms with Gasteiger partial charge in [-0.1, -0.05) is 6.07 Å². The summed E-state index contributed by atoms with van der Waals surface area (Å²) in [7, 11) is 0. The van der Waals surface area contributed by atoms with Crippen LogP contribution in [0.4, 0.5) is 26.3 Å². The van der Waals surface area contributed by atoms with Crippen molar-refractivity contribution in [2.75, 3.05) is 6.54 Å². The predicted octanol–water partition coefficient (Wildman–Crippen LogP) is 3.88. The standard InChI is InChI=1S/C18H22N4OS.2C2HF3O2/c1-13-3-2-4-14(20-13)11-22-16-7-9-21(12-17-19-8-10-24-17)15(16)5-6-18(22)23;2*3-2(4,5)1(6)7/h2-4,8,10,15-16H,5-7,9,11-12H2,1H3;2*(H,6,7)/t15-,16-;;/m1../s1. The van der Waals surface area contributed by atoms with Crippen LogP contribution < -0.4 is 0 Å². The molecule has 1 amide bonds. The van der Waals surface area contributed by atoms with Gasteiger partial charge in [-0.2, -0.15) is 26.3 Å². The average molecular weight is 571 g/mol. The molecule has 4 rings (SSSR count). The van der Waals surface area contributed by atoms with Gasteiger partial charge in [-0.05, 0) is 31.9 Å². The Labute approximate surface area is 216 Å². The minimum atomic E-state index is -5.08. The molecule has 0 saturated carbocycles. The number of pyridine rings is 1. The molecule has 0 radical (unpaired) electrons. The third-order valence-corrected chi connectivity index (χ3v) is 6.35. The van der Waals surface area contributed by atoms with Crippen molar-refractivity contribution >= 4 is 29.2 Å². The van der Waals surface area contributed by atoms with Gasteiger partial charge in [-0.15, -0.1) is 11.3 Å². The fourth-order valence-electron chi connectivity index (χ4n) is 4.01. The molecule has 0 aliphatic carbocycles. The van der Waals surface area contributed by atoms with E-state index in [9.17, 15) is 31.1 Å². The first-order valence-electron chi connectivity index (χ1n) is 11.0. The second-order valence-electron chi connectivity index (χ2n) is 8.26. The molecule has 210 valence electrons. The number of carbonyl (C=O) groups excluding carboxylic acids is 1. The maximum absolute atomic E-state index is 12.5. The molecule has 2 aromatic heterocycles. The molecular formula is C22H24F6N4O5S. The summed E-state index contributed by atoms with van der Waals surface area (Å²) in [6.45, 7) is 4.58. The van der Waals surface area contributed by atoms with Gasteiger partial charge in [0.2, 0.25) is 5.91 Å². The fourth-order valence-corrected chi connectivity index (χ4v) is 4.65. The normalized spacial score (nSPS) is 19.6. The van der Waals surface area contributed by atoms with Gasteiger partial charge in [0.1, 0.15) is 5.01 Å². The van der Waals surface area contributed by atoms with E-state index in [2.05, 4.69) is 19.8 Å². The number of aliphatic carboxylic acids is 2. The maximum atomic E-state index is 12.5. The summed E-state index contributed by atoms with van der Waals surface area (Å²) in [5, 5.41) is 17.4. The van der Waals surface area contributed by atoms with E-state index < -0.39 is 24.3 Å². The van der Waals surface area contributed by atoms with Crippen molar-refractivity contribution in [1.82, 2.24) is 19.8 Å². The van der Waals surface area contributed by atoms with E-state index >= 15 is 0 Å². The largest absolute Gasteiger partial charge is 0.490 e. The molecule has 2 saturated heterocycles. The number of hydrogen-bond donors (Lipinski definition) is 2. The van der Waals surface area contributed by atoms with Crippen LogP contribution in [0.15, 0.2) is 29.8 Å². The van der Waals surface area contributed by atoms with Gasteiger partial charge >= 0.3 is 24.3 Å². The maximum Gasteiger partial charge on any atom is 0.490 e. The number of carboxylic acids is 2. The van der Waals surface area contributed by atoms with Crippen LogP contribution in [0.2, 0.25) is 0 Å². The summed E-state index contributed by atoms with van der Waals surface area (Å²) in [6.07, 6.45) is -5.64. The zero-order chi connectivity index (χ0) is 28.7.